The lowest BCUT2D eigenvalue weighted by Crippen LogP contribution is -2.48. The molecule has 1 aromatic heterocycles. The summed E-state index contributed by atoms with van der Waals surface area (Å²) in [4.78, 5) is 40.7. The molecule has 3 aromatic carbocycles. The van der Waals surface area contributed by atoms with Crippen LogP contribution < -0.4 is 16.0 Å². The molecule has 2 saturated carbocycles. The zero-order chi connectivity index (χ0) is 34.5. The van der Waals surface area contributed by atoms with Crippen LogP contribution in [0.2, 0.25) is 0 Å². The molecule has 262 valence electrons. The predicted octanol–water partition coefficient (Wildman–Crippen LogP) is 5.72. The van der Waals surface area contributed by atoms with Crippen molar-refractivity contribution in [1.29, 1.82) is 0 Å². The second-order valence-corrected chi connectivity index (χ2v) is 13.2. The van der Waals surface area contributed by atoms with E-state index in [2.05, 4.69) is 21.0 Å². The summed E-state index contributed by atoms with van der Waals surface area (Å²) in [6.45, 7) is 1.03. The van der Waals surface area contributed by atoms with Crippen molar-refractivity contribution in [2.24, 2.45) is 0 Å². The highest BCUT2D eigenvalue weighted by atomic mass is 16.5. The molecule has 0 saturated heterocycles. The fourth-order valence-electron chi connectivity index (χ4n) is 6.81. The monoisotopic (exact) mass is 677 g/mol. The van der Waals surface area contributed by atoms with Crippen molar-refractivity contribution < 1.29 is 23.9 Å². The van der Waals surface area contributed by atoms with Gasteiger partial charge in [-0.15, -0.1) is 0 Å². The van der Waals surface area contributed by atoms with Gasteiger partial charge in [0.25, 0.3) is 11.8 Å². The van der Waals surface area contributed by atoms with E-state index in [1.54, 1.807) is 0 Å². The molecule has 10 heteroatoms. The maximum absolute atomic E-state index is 13.9. The molecule has 0 radical (unpaired) electrons. The third-order valence-electron chi connectivity index (χ3n) is 9.52. The largest absolute Gasteiger partial charge is 0.371 e. The van der Waals surface area contributed by atoms with E-state index in [1.807, 2.05) is 91.0 Å². The Bertz CT molecular complexity index is 1680. The van der Waals surface area contributed by atoms with E-state index >= 15 is 0 Å². The topological polar surface area (TPSA) is 124 Å². The van der Waals surface area contributed by atoms with E-state index in [0.29, 0.717) is 19.8 Å². The van der Waals surface area contributed by atoms with Crippen molar-refractivity contribution >= 4 is 17.7 Å². The summed E-state index contributed by atoms with van der Waals surface area (Å²) in [7, 11) is 0. The molecule has 2 aliphatic carbocycles. The normalized spacial score (nSPS) is 20.5. The minimum atomic E-state index is -0.426. The molecule has 0 spiro atoms. The maximum atomic E-state index is 13.9. The Balaban J connectivity index is 1.14. The van der Waals surface area contributed by atoms with E-state index in [0.717, 1.165) is 68.1 Å². The number of carbonyl (C=O) groups excluding carboxylic acids is 3. The van der Waals surface area contributed by atoms with Crippen LogP contribution in [0.4, 0.5) is 0 Å². The van der Waals surface area contributed by atoms with Gasteiger partial charge in [0, 0.05) is 12.6 Å². The summed E-state index contributed by atoms with van der Waals surface area (Å²) >= 11 is 0. The standard InChI is InChI=1S/C40H47N5O5/c46-38(42-32-20-10-12-22-36(32)49-27-30-16-6-2-7-17-30)26-45-35(24-34(44-45)39(47)41-25-29-14-4-1-5-15-29)40(48)43-33-21-11-13-23-37(33)50-28-31-18-8-3-9-19-31/h1-9,14-19,24,32-33,36-37H,10-13,20-23,25-28H2,(H,41,47)(H,42,46)(H,43,48)/t32-,33-,36-,37-/m0/s1. The fourth-order valence-corrected chi connectivity index (χ4v) is 6.81. The van der Waals surface area contributed by atoms with Crippen molar-refractivity contribution in [3.8, 4) is 0 Å². The first-order chi connectivity index (χ1) is 24.5. The molecule has 0 bridgehead atoms. The predicted molar refractivity (Wildman–Crippen MR) is 190 cm³/mol. The third kappa shape index (κ3) is 9.89. The number of hydrogen-bond donors (Lipinski definition) is 3. The van der Waals surface area contributed by atoms with Crippen LogP contribution in [0, 0.1) is 0 Å². The highest BCUT2D eigenvalue weighted by Gasteiger charge is 2.31. The van der Waals surface area contributed by atoms with Crippen LogP contribution >= 0.6 is 0 Å². The average molecular weight is 678 g/mol. The summed E-state index contributed by atoms with van der Waals surface area (Å²) in [5, 5.41) is 13.7. The highest BCUT2D eigenvalue weighted by Crippen LogP contribution is 2.24. The number of nitrogens with zero attached hydrogens (tertiary/aromatic N) is 2. The maximum Gasteiger partial charge on any atom is 0.272 e. The van der Waals surface area contributed by atoms with Crippen LogP contribution in [-0.4, -0.2) is 51.8 Å². The number of amides is 3. The van der Waals surface area contributed by atoms with Crippen molar-refractivity contribution in [3.63, 3.8) is 0 Å². The molecule has 0 aliphatic heterocycles. The van der Waals surface area contributed by atoms with E-state index in [9.17, 15) is 14.4 Å². The van der Waals surface area contributed by atoms with E-state index in [4.69, 9.17) is 9.47 Å². The van der Waals surface area contributed by atoms with Gasteiger partial charge in [-0.05, 0) is 42.4 Å². The molecule has 3 amide bonds. The quantitative estimate of drug-likeness (QED) is 0.157. The van der Waals surface area contributed by atoms with E-state index < -0.39 is 11.8 Å². The van der Waals surface area contributed by atoms with E-state index in [1.165, 1.54) is 10.7 Å². The van der Waals surface area contributed by atoms with Crippen LogP contribution in [0.15, 0.2) is 97.1 Å². The molecular weight excluding hydrogens is 630 g/mol. The Morgan fingerprint density at radius 3 is 1.70 bits per heavy atom. The average Bonchev–Trinajstić information content (AvgIpc) is 3.58. The van der Waals surface area contributed by atoms with Crippen molar-refractivity contribution in [1.82, 2.24) is 25.7 Å². The Morgan fingerprint density at radius 1 is 0.640 bits per heavy atom. The number of rotatable bonds is 14. The van der Waals surface area contributed by atoms with Gasteiger partial charge in [-0.1, -0.05) is 117 Å². The minimum Gasteiger partial charge on any atom is -0.371 e. The second kappa shape index (κ2) is 17.7. The molecule has 2 aliphatic rings. The van der Waals surface area contributed by atoms with Crippen molar-refractivity contribution in [3.05, 3.63) is 125 Å². The fraction of sp³-hybridized carbons (Fsp3) is 0.400. The highest BCUT2D eigenvalue weighted by molar-refractivity contribution is 5.98. The first-order valence-corrected chi connectivity index (χ1v) is 17.8. The lowest BCUT2D eigenvalue weighted by Gasteiger charge is -2.32. The number of hydrogen-bond acceptors (Lipinski definition) is 6. The molecule has 4 aromatic rings. The molecular formula is C40H47N5O5. The molecule has 50 heavy (non-hydrogen) atoms. The Morgan fingerprint density at radius 2 is 1.14 bits per heavy atom. The Labute approximate surface area is 293 Å². The summed E-state index contributed by atoms with van der Waals surface area (Å²) in [6, 6.07) is 30.6. The van der Waals surface area contributed by atoms with Gasteiger partial charge in [0.05, 0.1) is 37.5 Å². The van der Waals surface area contributed by atoms with Gasteiger partial charge in [0.1, 0.15) is 12.2 Å². The number of carbonyl (C=O) groups is 3. The first-order valence-electron chi connectivity index (χ1n) is 17.8. The van der Waals surface area contributed by atoms with Crippen molar-refractivity contribution in [2.75, 3.05) is 0 Å². The second-order valence-electron chi connectivity index (χ2n) is 13.2. The van der Waals surface area contributed by atoms with Crippen LogP contribution in [0.3, 0.4) is 0 Å². The lowest BCUT2D eigenvalue weighted by molar-refractivity contribution is -0.124. The van der Waals surface area contributed by atoms with Crippen LogP contribution in [0.5, 0.6) is 0 Å². The summed E-state index contributed by atoms with van der Waals surface area (Å²) in [6.07, 6.45) is 7.02. The summed E-state index contributed by atoms with van der Waals surface area (Å²) < 4.78 is 13.9. The van der Waals surface area contributed by atoms with Crippen LogP contribution in [0.25, 0.3) is 0 Å². The number of aromatic nitrogens is 2. The van der Waals surface area contributed by atoms with E-state index in [-0.39, 0.29) is 48.1 Å². The number of benzene rings is 3. The molecule has 10 nitrogen and oxygen atoms in total. The van der Waals surface area contributed by atoms with Gasteiger partial charge in [0.2, 0.25) is 5.91 Å². The SMILES string of the molecule is O=C(Cn1nc(C(=O)NCc2ccccc2)cc1C(=O)N[C@H]1CCCC[C@@H]1OCc1ccccc1)N[C@H]1CCCC[C@@H]1OCc1ccccc1. The van der Waals surface area contributed by atoms with Crippen molar-refractivity contribution in [2.45, 2.75) is 102 Å². The van der Waals surface area contributed by atoms with Gasteiger partial charge in [-0.25, -0.2) is 4.68 Å². The van der Waals surface area contributed by atoms with Gasteiger partial charge in [0.15, 0.2) is 5.69 Å². The Hall–Kier alpha value is -4.80. The van der Waals surface area contributed by atoms with Gasteiger partial charge >= 0.3 is 0 Å². The summed E-state index contributed by atoms with van der Waals surface area (Å²) in [5.41, 5.74) is 3.31. The zero-order valence-electron chi connectivity index (χ0n) is 28.5. The number of nitrogens with one attached hydrogen (secondary N) is 3. The molecule has 2 fully saturated rings. The smallest absolute Gasteiger partial charge is 0.272 e. The minimum absolute atomic E-state index is 0.0705. The zero-order valence-corrected chi connectivity index (χ0v) is 28.5. The van der Waals surface area contributed by atoms with Crippen LogP contribution in [-0.2, 0) is 40.6 Å². The molecule has 0 unspecified atom stereocenters. The molecule has 3 N–H and O–H groups in total. The number of ether oxygens (including phenoxy) is 2. The van der Waals surface area contributed by atoms with Gasteiger partial charge < -0.3 is 25.4 Å². The lowest BCUT2D eigenvalue weighted by atomic mass is 9.92. The van der Waals surface area contributed by atoms with Gasteiger partial charge in [-0.2, -0.15) is 5.10 Å². The van der Waals surface area contributed by atoms with Crippen LogP contribution in [0.1, 0.15) is 89.0 Å². The molecule has 1 heterocycles. The summed E-state index contributed by atoms with van der Waals surface area (Å²) in [5.74, 6) is -1.11. The Kier molecular flexibility index (Phi) is 12.4. The third-order valence-corrected chi connectivity index (χ3v) is 9.52. The first kappa shape index (κ1) is 35.0. The molecule has 4 atom stereocenters. The van der Waals surface area contributed by atoms with Gasteiger partial charge in [-0.3, -0.25) is 14.4 Å². The molecule has 6 rings (SSSR count).